The number of aryl methyl sites for hydroxylation is 1. The third-order valence-electron chi connectivity index (χ3n) is 5.91. The number of halogens is 1. The first kappa shape index (κ1) is 23.1. The number of piperidine rings is 1. The number of nitrogens with two attached hydrogens (primary N) is 1. The summed E-state index contributed by atoms with van der Waals surface area (Å²) in [6.07, 6.45) is 1.50. The zero-order chi connectivity index (χ0) is 22.6. The second-order valence-electron chi connectivity index (χ2n) is 8.61. The number of amides is 2. The molecule has 2 N–H and O–H groups in total. The molecule has 0 radical (unpaired) electrons. The average molecular weight is 447 g/mol. The molecule has 1 aromatic carbocycles. The van der Waals surface area contributed by atoms with Crippen LogP contribution in [0.4, 0.5) is 0 Å². The van der Waals surface area contributed by atoms with E-state index in [1.807, 2.05) is 30.0 Å². The van der Waals surface area contributed by atoms with Crippen molar-refractivity contribution < 1.29 is 14.3 Å². The molecule has 2 heterocycles. The van der Waals surface area contributed by atoms with Crippen molar-refractivity contribution in [2.45, 2.75) is 52.5 Å². The van der Waals surface area contributed by atoms with E-state index in [9.17, 15) is 9.59 Å². The molecule has 0 bridgehead atoms. The first-order valence-corrected chi connectivity index (χ1v) is 11.1. The standard InChI is InChI=1S/C23H31ClN4O3/c1-4-28-20(13-19(26-28)16(2)3)22(30)27-10-8-23(9-11-27,14-21(25)29)15-31-18-7-5-6-17(24)12-18/h5-7,12-13,16H,4,8-11,14-15H2,1-3H3,(H2,25,29). The van der Waals surface area contributed by atoms with E-state index in [-0.39, 0.29) is 24.2 Å². The van der Waals surface area contributed by atoms with Gasteiger partial charge >= 0.3 is 0 Å². The van der Waals surface area contributed by atoms with Gasteiger partial charge in [-0.05, 0) is 49.9 Å². The molecule has 1 aliphatic rings. The molecule has 168 valence electrons. The van der Waals surface area contributed by atoms with Crippen LogP contribution in [0.1, 0.15) is 62.1 Å². The number of benzene rings is 1. The molecule has 2 amide bonds. The van der Waals surface area contributed by atoms with Gasteiger partial charge in [-0.2, -0.15) is 5.10 Å². The van der Waals surface area contributed by atoms with Gasteiger partial charge in [0.25, 0.3) is 5.91 Å². The maximum absolute atomic E-state index is 13.2. The third-order valence-corrected chi connectivity index (χ3v) is 6.15. The van der Waals surface area contributed by atoms with E-state index in [4.69, 9.17) is 22.1 Å². The number of carbonyl (C=O) groups is 2. The van der Waals surface area contributed by atoms with Crippen LogP contribution < -0.4 is 10.5 Å². The highest BCUT2D eigenvalue weighted by atomic mass is 35.5. The van der Waals surface area contributed by atoms with Crippen molar-refractivity contribution >= 4 is 23.4 Å². The molecule has 1 saturated heterocycles. The van der Waals surface area contributed by atoms with Crippen LogP contribution >= 0.6 is 11.6 Å². The van der Waals surface area contributed by atoms with Crippen molar-refractivity contribution in [1.29, 1.82) is 0 Å². The van der Waals surface area contributed by atoms with E-state index in [1.54, 1.807) is 16.8 Å². The Bertz CT molecular complexity index is 933. The Kier molecular flexibility index (Phi) is 7.26. The smallest absolute Gasteiger partial charge is 0.272 e. The van der Waals surface area contributed by atoms with E-state index < -0.39 is 5.41 Å². The topological polar surface area (TPSA) is 90.4 Å². The van der Waals surface area contributed by atoms with Gasteiger partial charge in [0.1, 0.15) is 11.4 Å². The number of hydrogen-bond donors (Lipinski definition) is 1. The summed E-state index contributed by atoms with van der Waals surface area (Å²) in [7, 11) is 0. The van der Waals surface area contributed by atoms with Crippen molar-refractivity contribution in [3.05, 3.63) is 46.7 Å². The SMILES string of the molecule is CCn1nc(C(C)C)cc1C(=O)N1CCC(COc2cccc(Cl)c2)(CC(N)=O)CC1. The minimum absolute atomic E-state index is 0.0234. The number of hydrogen-bond acceptors (Lipinski definition) is 4. The normalized spacial score (nSPS) is 15.8. The summed E-state index contributed by atoms with van der Waals surface area (Å²) in [5.41, 5.74) is 6.68. The van der Waals surface area contributed by atoms with Gasteiger partial charge < -0.3 is 15.4 Å². The van der Waals surface area contributed by atoms with E-state index >= 15 is 0 Å². The Morgan fingerprint density at radius 2 is 1.97 bits per heavy atom. The van der Waals surface area contributed by atoms with Crippen LogP contribution in [0.5, 0.6) is 5.75 Å². The quantitative estimate of drug-likeness (QED) is 0.666. The number of primary amides is 1. The van der Waals surface area contributed by atoms with Gasteiger partial charge in [0.2, 0.25) is 5.91 Å². The molecule has 0 atom stereocenters. The summed E-state index contributed by atoms with van der Waals surface area (Å²) >= 11 is 6.04. The second-order valence-corrected chi connectivity index (χ2v) is 9.04. The van der Waals surface area contributed by atoms with Crippen molar-refractivity contribution in [1.82, 2.24) is 14.7 Å². The van der Waals surface area contributed by atoms with Gasteiger partial charge in [0, 0.05) is 36.5 Å². The first-order valence-electron chi connectivity index (χ1n) is 10.8. The maximum Gasteiger partial charge on any atom is 0.272 e. The fourth-order valence-corrected chi connectivity index (χ4v) is 4.19. The highest BCUT2D eigenvalue weighted by Gasteiger charge is 2.39. The van der Waals surface area contributed by atoms with Crippen LogP contribution in [-0.2, 0) is 11.3 Å². The first-order chi connectivity index (χ1) is 14.7. The molecule has 31 heavy (non-hydrogen) atoms. The van der Waals surface area contributed by atoms with Gasteiger partial charge in [-0.1, -0.05) is 31.5 Å². The van der Waals surface area contributed by atoms with Crippen LogP contribution in [0.25, 0.3) is 0 Å². The number of likely N-dealkylation sites (tertiary alicyclic amines) is 1. The number of nitrogens with zero attached hydrogens (tertiary/aromatic N) is 3. The highest BCUT2D eigenvalue weighted by Crippen LogP contribution is 2.36. The van der Waals surface area contributed by atoms with Crippen molar-refractivity contribution in [3.8, 4) is 5.75 Å². The van der Waals surface area contributed by atoms with Gasteiger partial charge in [0.15, 0.2) is 0 Å². The Labute approximate surface area is 188 Å². The number of ether oxygens (including phenoxy) is 1. The van der Waals surface area contributed by atoms with E-state index in [0.29, 0.717) is 55.5 Å². The molecule has 2 aromatic rings. The van der Waals surface area contributed by atoms with Crippen molar-refractivity contribution in [2.75, 3.05) is 19.7 Å². The summed E-state index contributed by atoms with van der Waals surface area (Å²) in [6, 6.07) is 9.08. The highest BCUT2D eigenvalue weighted by molar-refractivity contribution is 6.30. The van der Waals surface area contributed by atoms with E-state index in [0.717, 1.165) is 5.69 Å². The second kappa shape index (κ2) is 9.73. The molecule has 0 saturated carbocycles. The monoisotopic (exact) mass is 446 g/mol. The van der Waals surface area contributed by atoms with Crippen LogP contribution in [-0.4, -0.2) is 46.2 Å². The molecule has 0 spiro atoms. The average Bonchev–Trinajstić information content (AvgIpc) is 3.17. The third kappa shape index (κ3) is 5.58. The van der Waals surface area contributed by atoms with Gasteiger partial charge in [-0.3, -0.25) is 14.3 Å². The van der Waals surface area contributed by atoms with Crippen molar-refractivity contribution in [3.63, 3.8) is 0 Å². The fourth-order valence-electron chi connectivity index (χ4n) is 4.01. The minimum atomic E-state index is -0.404. The zero-order valence-electron chi connectivity index (χ0n) is 18.4. The van der Waals surface area contributed by atoms with Gasteiger partial charge in [-0.25, -0.2) is 0 Å². The predicted octanol–water partition coefficient (Wildman–Crippen LogP) is 3.86. The van der Waals surface area contributed by atoms with Crippen LogP contribution in [0.15, 0.2) is 30.3 Å². The Hall–Kier alpha value is -2.54. The van der Waals surface area contributed by atoms with Crippen LogP contribution in [0.2, 0.25) is 5.02 Å². The molecular formula is C23H31ClN4O3. The fraction of sp³-hybridized carbons (Fsp3) is 0.522. The molecule has 0 unspecified atom stereocenters. The lowest BCUT2D eigenvalue weighted by Crippen LogP contribution is -2.47. The molecule has 3 rings (SSSR count). The molecule has 1 aliphatic heterocycles. The van der Waals surface area contributed by atoms with E-state index in [2.05, 4.69) is 18.9 Å². The lowest BCUT2D eigenvalue weighted by Gasteiger charge is -2.41. The van der Waals surface area contributed by atoms with Crippen LogP contribution in [0.3, 0.4) is 0 Å². The number of carbonyl (C=O) groups excluding carboxylic acids is 2. The zero-order valence-corrected chi connectivity index (χ0v) is 19.2. The van der Waals surface area contributed by atoms with Gasteiger partial charge in [0.05, 0.1) is 12.3 Å². The molecule has 1 fully saturated rings. The summed E-state index contributed by atoms with van der Waals surface area (Å²) in [4.78, 5) is 26.8. The Balaban J connectivity index is 1.70. The number of rotatable bonds is 8. The summed E-state index contributed by atoms with van der Waals surface area (Å²) in [5.74, 6) is 0.528. The lowest BCUT2D eigenvalue weighted by molar-refractivity contribution is -0.121. The van der Waals surface area contributed by atoms with E-state index in [1.165, 1.54) is 0 Å². The molecule has 1 aromatic heterocycles. The van der Waals surface area contributed by atoms with Crippen molar-refractivity contribution in [2.24, 2.45) is 11.1 Å². The minimum Gasteiger partial charge on any atom is -0.493 e. The van der Waals surface area contributed by atoms with Gasteiger partial charge in [-0.15, -0.1) is 0 Å². The molecule has 7 nitrogen and oxygen atoms in total. The molecular weight excluding hydrogens is 416 g/mol. The summed E-state index contributed by atoms with van der Waals surface area (Å²) in [5, 5.41) is 5.15. The largest absolute Gasteiger partial charge is 0.493 e. The molecule has 8 heteroatoms. The Morgan fingerprint density at radius 3 is 2.55 bits per heavy atom. The summed E-state index contributed by atoms with van der Waals surface area (Å²) in [6.45, 7) is 8.18. The lowest BCUT2D eigenvalue weighted by atomic mass is 9.76. The number of aromatic nitrogens is 2. The summed E-state index contributed by atoms with van der Waals surface area (Å²) < 4.78 is 7.74. The van der Waals surface area contributed by atoms with Crippen LogP contribution in [0, 0.1) is 5.41 Å². The predicted molar refractivity (Wildman–Crippen MR) is 120 cm³/mol. The molecule has 0 aliphatic carbocycles. The Morgan fingerprint density at radius 1 is 1.26 bits per heavy atom. The maximum atomic E-state index is 13.2.